The van der Waals surface area contributed by atoms with Crippen LogP contribution in [0.25, 0.3) is 0 Å². The Kier molecular flexibility index (Phi) is 4.88. The molecule has 1 N–H and O–H groups in total. The number of anilines is 1. The van der Waals surface area contributed by atoms with Crippen molar-refractivity contribution in [2.45, 2.75) is 25.8 Å². The molecule has 1 aromatic heterocycles. The third-order valence-corrected chi connectivity index (χ3v) is 4.62. The van der Waals surface area contributed by atoms with Crippen LogP contribution >= 0.6 is 0 Å². The average molecular weight is 343 g/mol. The molecule has 1 fully saturated rings. The number of carbonyl (C=O) groups is 1. The van der Waals surface area contributed by atoms with Gasteiger partial charge in [0.25, 0.3) is 11.5 Å². The summed E-state index contributed by atoms with van der Waals surface area (Å²) >= 11 is 0. The summed E-state index contributed by atoms with van der Waals surface area (Å²) in [6.07, 6.45) is 3.41. The van der Waals surface area contributed by atoms with Crippen molar-refractivity contribution >= 4 is 11.6 Å². The smallest absolute Gasteiger partial charge is 0.251 e. The third kappa shape index (κ3) is 3.90. The molecule has 1 atom stereocenters. The number of aryl methyl sites for hydroxylation is 2. The lowest BCUT2D eigenvalue weighted by Gasteiger charge is -2.35. The maximum Gasteiger partial charge on any atom is 0.251 e. The highest BCUT2D eigenvalue weighted by atomic mass is 19.1. The number of benzene rings is 1. The Balaban J connectivity index is 1.70. The van der Waals surface area contributed by atoms with E-state index in [1.807, 2.05) is 6.92 Å². The van der Waals surface area contributed by atoms with Gasteiger partial charge in [0.1, 0.15) is 5.82 Å². The van der Waals surface area contributed by atoms with Crippen LogP contribution in [0, 0.1) is 12.7 Å². The van der Waals surface area contributed by atoms with Gasteiger partial charge in [0, 0.05) is 49.7 Å². The van der Waals surface area contributed by atoms with Crippen molar-refractivity contribution in [1.82, 2.24) is 9.88 Å². The molecule has 1 aromatic carbocycles. The summed E-state index contributed by atoms with van der Waals surface area (Å²) in [5, 5.41) is 3.01. The van der Waals surface area contributed by atoms with Crippen LogP contribution in [0.2, 0.25) is 0 Å². The predicted molar refractivity (Wildman–Crippen MR) is 95.5 cm³/mol. The number of pyridine rings is 1. The van der Waals surface area contributed by atoms with E-state index in [2.05, 4.69) is 10.2 Å². The normalized spacial score (nSPS) is 17.4. The molecule has 1 aliphatic heterocycles. The number of hydrogen-bond acceptors (Lipinski definition) is 3. The van der Waals surface area contributed by atoms with E-state index in [0.717, 1.165) is 30.6 Å². The highest BCUT2D eigenvalue weighted by Gasteiger charge is 2.23. The summed E-state index contributed by atoms with van der Waals surface area (Å²) in [5.74, 6) is -0.478. The lowest BCUT2D eigenvalue weighted by molar-refractivity contribution is 0.0933. The second-order valence-corrected chi connectivity index (χ2v) is 6.55. The molecule has 0 bridgehead atoms. The maximum atomic E-state index is 13.3. The summed E-state index contributed by atoms with van der Waals surface area (Å²) < 4.78 is 14.7. The van der Waals surface area contributed by atoms with Crippen LogP contribution in [0.3, 0.4) is 0 Å². The van der Waals surface area contributed by atoms with Gasteiger partial charge in [0.05, 0.1) is 0 Å². The number of nitrogens with one attached hydrogen (secondary N) is 1. The van der Waals surface area contributed by atoms with Crippen molar-refractivity contribution in [3.8, 4) is 0 Å². The molecule has 6 heteroatoms. The fourth-order valence-electron chi connectivity index (χ4n) is 3.25. The zero-order chi connectivity index (χ0) is 18.0. The molecule has 0 spiro atoms. The Bertz CT molecular complexity index is 847. The minimum absolute atomic E-state index is 0.00485. The first-order chi connectivity index (χ1) is 11.9. The molecule has 0 aliphatic carbocycles. The summed E-state index contributed by atoms with van der Waals surface area (Å²) in [7, 11) is 1.65. The van der Waals surface area contributed by atoms with E-state index >= 15 is 0 Å². The Hall–Kier alpha value is -2.63. The molecule has 1 saturated heterocycles. The Morgan fingerprint density at radius 2 is 2.08 bits per heavy atom. The fraction of sp³-hybridized carbons (Fsp3) is 0.368. The van der Waals surface area contributed by atoms with Crippen molar-refractivity contribution in [3.63, 3.8) is 0 Å². The summed E-state index contributed by atoms with van der Waals surface area (Å²) in [5.41, 5.74) is 2.05. The number of aromatic nitrogens is 1. The van der Waals surface area contributed by atoms with Gasteiger partial charge < -0.3 is 14.8 Å². The Morgan fingerprint density at radius 3 is 2.80 bits per heavy atom. The van der Waals surface area contributed by atoms with Crippen LogP contribution in [0.5, 0.6) is 0 Å². The first-order valence-corrected chi connectivity index (χ1v) is 8.42. The lowest BCUT2D eigenvalue weighted by Crippen LogP contribution is -2.48. The van der Waals surface area contributed by atoms with Gasteiger partial charge in [-0.3, -0.25) is 9.59 Å². The predicted octanol–water partition coefficient (Wildman–Crippen LogP) is 2.23. The maximum absolute atomic E-state index is 13.3. The minimum atomic E-state index is -0.242. The molecule has 2 aromatic rings. The largest absolute Gasteiger partial charge is 0.369 e. The molecule has 1 aliphatic rings. The van der Waals surface area contributed by atoms with E-state index in [-0.39, 0.29) is 23.3 Å². The molecule has 132 valence electrons. The standard InChI is InChI=1S/C19H22FN3O2/c1-13-10-15(20)5-6-17(13)23-8-3-4-16(12-23)21-19(25)14-7-9-22(2)18(24)11-14/h5-7,9-11,16H,3-4,8,12H2,1-2H3,(H,21,25). The van der Waals surface area contributed by atoms with Gasteiger partial charge in [-0.2, -0.15) is 0 Å². The van der Waals surface area contributed by atoms with Crippen molar-refractivity contribution in [2.24, 2.45) is 7.05 Å². The Labute approximate surface area is 146 Å². The summed E-state index contributed by atoms with van der Waals surface area (Å²) in [4.78, 5) is 26.3. The SMILES string of the molecule is Cc1cc(F)ccc1N1CCCC(NC(=O)c2ccn(C)c(=O)c2)C1. The van der Waals surface area contributed by atoms with Crippen molar-refractivity contribution in [1.29, 1.82) is 0 Å². The van der Waals surface area contributed by atoms with Crippen LogP contribution in [-0.4, -0.2) is 29.6 Å². The summed E-state index contributed by atoms with van der Waals surface area (Å²) in [6, 6.07) is 7.76. The number of amides is 1. The molecular weight excluding hydrogens is 321 g/mol. The van der Waals surface area contributed by atoms with E-state index in [1.165, 1.54) is 22.8 Å². The van der Waals surface area contributed by atoms with E-state index in [9.17, 15) is 14.0 Å². The number of nitrogens with zero attached hydrogens (tertiary/aromatic N) is 2. The zero-order valence-corrected chi connectivity index (χ0v) is 14.5. The number of carbonyl (C=O) groups excluding carboxylic acids is 1. The van der Waals surface area contributed by atoms with Gasteiger partial charge in [-0.05, 0) is 49.6 Å². The number of piperidine rings is 1. The topological polar surface area (TPSA) is 54.3 Å². The second kappa shape index (κ2) is 7.09. The monoisotopic (exact) mass is 343 g/mol. The van der Waals surface area contributed by atoms with Gasteiger partial charge in [-0.25, -0.2) is 4.39 Å². The molecule has 0 radical (unpaired) electrons. The zero-order valence-electron chi connectivity index (χ0n) is 14.5. The second-order valence-electron chi connectivity index (χ2n) is 6.55. The van der Waals surface area contributed by atoms with Gasteiger partial charge in [-0.1, -0.05) is 0 Å². The molecule has 0 saturated carbocycles. The molecule has 3 rings (SSSR count). The van der Waals surface area contributed by atoms with Crippen LogP contribution < -0.4 is 15.8 Å². The fourth-order valence-corrected chi connectivity index (χ4v) is 3.25. The molecule has 1 amide bonds. The first kappa shape index (κ1) is 17.2. The van der Waals surface area contributed by atoms with Gasteiger partial charge in [0.15, 0.2) is 0 Å². The number of halogens is 1. The quantitative estimate of drug-likeness (QED) is 0.930. The third-order valence-electron chi connectivity index (χ3n) is 4.62. The van der Waals surface area contributed by atoms with Crippen molar-refractivity contribution < 1.29 is 9.18 Å². The van der Waals surface area contributed by atoms with Crippen LogP contribution in [0.1, 0.15) is 28.8 Å². The van der Waals surface area contributed by atoms with E-state index in [0.29, 0.717) is 12.1 Å². The number of hydrogen-bond donors (Lipinski definition) is 1. The minimum Gasteiger partial charge on any atom is -0.369 e. The molecule has 2 heterocycles. The van der Waals surface area contributed by atoms with E-state index in [4.69, 9.17) is 0 Å². The molecule has 5 nitrogen and oxygen atoms in total. The van der Waals surface area contributed by atoms with Crippen LogP contribution in [-0.2, 0) is 7.05 Å². The molecule has 1 unspecified atom stereocenters. The van der Waals surface area contributed by atoms with Crippen molar-refractivity contribution in [2.75, 3.05) is 18.0 Å². The van der Waals surface area contributed by atoms with Crippen LogP contribution in [0.15, 0.2) is 41.3 Å². The van der Waals surface area contributed by atoms with Gasteiger partial charge in [-0.15, -0.1) is 0 Å². The molecular formula is C19H22FN3O2. The lowest BCUT2D eigenvalue weighted by atomic mass is 10.0. The summed E-state index contributed by atoms with van der Waals surface area (Å²) in [6.45, 7) is 3.44. The Morgan fingerprint density at radius 1 is 1.28 bits per heavy atom. The highest BCUT2D eigenvalue weighted by molar-refractivity contribution is 5.94. The van der Waals surface area contributed by atoms with E-state index < -0.39 is 0 Å². The number of rotatable bonds is 3. The first-order valence-electron chi connectivity index (χ1n) is 8.42. The van der Waals surface area contributed by atoms with Crippen molar-refractivity contribution in [3.05, 3.63) is 63.8 Å². The van der Waals surface area contributed by atoms with Gasteiger partial charge >= 0.3 is 0 Å². The van der Waals surface area contributed by atoms with Crippen LogP contribution in [0.4, 0.5) is 10.1 Å². The van der Waals surface area contributed by atoms with E-state index in [1.54, 1.807) is 25.4 Å². The van der Waals surface area contributed by atoms with Gasteiger partial charge in [0.2, 0.25) is 0 Å². The molecule has 25 heavy (non-hydrogen) atoms. The highest BCUT2D eigenvalue weighted by Crippen LogP contribution is 2.24. The average Bonchev–Trinajstić information content (AvgIpc) is 2.57.